The maximum atomic E-state index is 11.4. The van der Waals surface area contributed by atoms with Gasteiger partial charge in [-0.25, -0.2) is 0 Å². The van der Waals surface area contributed by atoms with Crippen LogP contribution in [0.4, 0.5) is 0 Å². The lowest BCUT2D eigenvalue weighted by Crippen LogP contribution is -2.28. The Morgan fingerprint density at radius 2 is 1.68 bits per heavy atom. The molecule has 2 N–H and O–H groups in total. The molecule has 3 aromatic carbocycles. The Bertz CT molecular complexity index is 939. The van der Waals surface area contributed by atoms with Crippen molar-refractivity contribution in [1.82, 2.24) is 5.32 Å². The first-order chi connectivity index (χ1) is 13.4. The van der Waals surface area contributed by atoms with Crippen LogP contribution in [0.25, 0.3) is 10.8 Å². The van der Waals surface area contributed by atoms with E-state index in [4.69, 9.17) is 0 Å². The molecular formula is C25H29NO2. The SMILES string of the molecule is CC(NCCCc1ccc(C(C)(C)C(=O)O)cc1)c1cccc2ccccc12. The van der Waals surface area contributed by atoms with Gasteiger partial charge in [0.1, 0.15) is 0 Å². The third-order valence-corrected chi connectivity index (χ3v) is 5.59. The van der Waals surface area contributed by atoms with Crippen molar-refractivity contribution in [1.29, 1.82) is 0 Å². The number of carbonyl (C=O) groups is 1. The van der Waals surface area contributed by atoms with Gasteiger partial charge in [-0.1, -0.05) is 66.7 Å². The molecule has 1 atom stereocenters. The maximum absolute atomic E-state index is 11.4. The Morgan fingerprint density at radius 1 is 1.00 bits per heavy atom. The van der Waals surface area contributed by atoms with Crippen molar-refractivity contribution >= 4 is 16.7 Å². The number of hydrogen-bond donors (Lipinski definition) is 2. The van der Waals surface area contributed by atoms with Gasteiger partial charge in [-0.15, -0.1) is 0 Å². The van der Waals surface area contributed by atoms with Crippen LogP contribution < -0.4 is 5.32 Å². The number of benzene rings is 3. The maximum Gasteiger partial charge on any atom is 0.313 e. The molecule has 0 saturated carbocycles. The highest BCUT2D eigenvalue weighted by molar-refractivity contribution is 5.86. The van der Waals surface area contributed by atoms with E-state index in [1.54, 1.807) is 13.8 Å². The molecule has 0 aliphatic carbocycles. The van der Waals surface area contributed by atoms with E-state index < -0.39 is 11.4 Å². The fourth-order valence-electron chi connectivity index (χ4n) is 3.56. The molecule has 3 nitrogen and oxygen atoms in total. The number of hydrogen-bond acceptors (Lipinski definition) is 2. The first-order valence-electron chi connectivity index (χ1n) is 9.93. The molecule has 0 spiro atoms. The second-order valence-corrected chi connectivity index (χ2v) is 7.97. The summed E-state index contributed by atoms with van der Waals surface area (Å²) < 4.78 is 0. The van der Waals surface area contributed by atoms with E-state index in [1.807, 2.05) is 24.3 Å². The Kier molecular flexibility index (Phi) is 6.15. The van der Waals surface area contributed by atoms with Gasteiger partial charge in [0.15, 0.2) is 0 Å². The van der Waals surface area contributed by atoms with Crippen LogP contribution in [0.15, 0.2) is 66.7 Å². The van der Waals surface area contributed by atoms with Gasteiger partial charge < -0.3 is 10.4 Å². The molecular weight excluding hydrogens is 346 g/mol. The zero-order chi connectivity index (χ0) is 20.1. The zero-order valence-electron chi connectivity index (χ0n) is 16.9. The fourth-order valence-corrected chi connectivity index (χ4v) is 3.56. The number of carboxylic acid groups (broad SMARTS) is 1. The number of rotatable bonds is 8. The van der Waals surface area contributed by atoms with Crippen LogP contribution in [0.3, 0.4) is 0 Å². The molecule has 1 unspecified atom stereocenters. The average molecular weight is 376 g/mol. The molecule has 3 rings (SSSR count). The van der Waals surface area contributed by atoms with Gasteiger partial charge in [-0.3, -0.25) is 4.79 Å². The molecule has 0 radical (unpaired) electrons. The Balaban J connectivity index is 1.54. The van der Waals surface area contributed by atoms with Crippen molar-refractivity contribution in [3.05, 3.63) is 83.4 Å². The summed E-state index contributed by atoms with van der Waals surface area (Å²) in [6, 6.07) is 23.3. The van der Waals surface area contributed by atoms with Crippen molar-refractivity contribution in [2.24, 2.45) is 0 Å². The molecule has 0 heterocycles. The van der Waals surface area contributed by atoms with E-state index in [0.29, 0.717) is 6.04 Å². The van der Waals surface area contributed by atoms with Crippen molar-refractivity contribution in [2.75, 3.05) is 6.54 Å². The van der Waals surface area contributed by atoms with Crippen LogP contribution in [0.5, 0.6) is 0 Å². The minimum absolute atomic E-state index is 0.296. The van der Waals surface area contributed by atoms with Gasteiger partial charge >= 0.3 is 5.97 Å². The summed E-state index contributed by atoms with van der Waals surface area (Å²) in [5.74, 6) is -0.799. The molecule has 0 saturated heterocycles. The number of aryl methyl sites for hydroxylation is 1. The largest absolute Gasteiger partial charge is 0.481 e. The van der Waals surface area contributed by atoms with Crippen LogP contribution in [-0.4, -0.2) is 17.6 Å². The summed E-state index contributed by atoms with van der Waals surface area (Å²) in [4.78, 5) is 11.4. The number of nitrogens with one attached hydrogen (secondary N) is 1. The van der Waals surface area contributed by atoms with Gasteiger partial charge in [-0.2, -0.15) is 0 Å². The predicted molar refractivity (Wildman–Crippen MR) is 116 cm³/mol. The minimum Gasteiger partial charge on any atom is -0.481 e. The number of carboxylic acids is 1. The van der Waals surface area contributed by atoms with Crippen molar-refractivity contribution in [3.8, 4) is 0 Å². The molecule has 28 heavy (non-hydrogen) atoms. The van der Waals surface area contributed by atoms with Crippen LogP contribution in [0, 0.1) is 0 Å². The smallest absolute Gasteiger partial charge is 0.313 e. The number of aliphatic carboxylic acids is 1. The molecule has 146 valence electrons. The summed E-state index contributed by atoms with van der Waals surface area (Å²) in [6.45, 7) is 6.63. The van der Waals surface area contributed by atoms with E-state index >= 15 is 0 Å². The molecule has 3 aromatic rings. The first-order valence-corrected chi connectivity index (χ1v) is 9.93. The van der Waals surface area contributed by atoms with Gasteiger partial charge in [0, 0.05) is 6.04 Å². The molecule has 0 fully saturated rings. The third kappa shape index (κ3) is 4.42. The van der Waals surface area contributed by atoms with Crippen LogP contribution in [0.1, 0.15) is 49.9 Å². The third-order valence-electron chi connectivity index (χ3n) is 5.59. The molecule has 0 aliphatic rings. The van der Waals surface area contributed by atoms with Crippen molar-refractivity contribution in [3.63, 3.8) is 0 Å². The first kappa shape index (κ1) is 20.1. The second kappa shape index (κ2) is 8.57. The Labute approximate surface area is 167 Å². The van der Waals surface area contributed by atoms with Crippen LogP contribution >= 0.6 is 0 Å². The summed E-state index contributed by atoms with van der Waals surface area (Å²) in [5.41, 5.74) is 2.56. The summed E-state index contributed by atoms with van der Waals surface area (Å²) in [5, 5.41) is 15.6. The summed E-state index contributed by atoms with van der Waals surface area (Å²) in [6.07, 6.45) is 2.01. The standard InChI is InChI=1S/C25H29NO2/c1-18(22-12-6-10-20-9-4-5-11-23(20)22)26-17-7-8-19-13-15-21(16-14-19)25(2,3)24(27)28/h4-6,9-16,18,26H,7-8,17H2,1-3H3,(H,27,28). The molecule has 0 amide bonds. The molecule has 0 bridgehead atoms. The van der Waals surface area contributed by atoms with Gasteiger partial charge in [-0.05, 0) is 67.6 Å². The predicted octanol–water partition coefficient (Wildman–Crippen LogP) is 5.49. The highest BCUT2D eigenvalue weighted by Gasteiger charge is 2.29. The van der Waals surface area contributed by atoms with Gasteiger partial charge in [0.2, 0.25) is 0 Å². The van der Waals surface area contributed by atoms with E-state index in [1.165, 1.54) is 21.9 Å². The fraction of sp³-hybridized carbons (Fsp3) is 0.320. The number of fused-ring (bicyclic) bond motifs is 1. The lowest BCUT2D eigenvalue weighted by Gasteiger charge is -2.20. The van der Waals surface area contributed by atoms with Gasteiger partial charge in [0.25, 0.3) is 0 Å². The monoisotopic (exact) mass is 375 g/mol. The highest BCUT2D eigenvalue weighted by Crippen LogP contribution is 2.25. The summed E-state index contributed by atoms with van der Waals surface area (Å²) in [7, 11) is 0. The van der Waals surface area contributed by atoms with Crippen LogP contribution in [-0.2, 0) is 16.6 Å². The zero-order valence-corrected chi connectivity index (χ0v) is 16.9. The molecule has 0 aromatic heterocycles. The van der Waals surface area contributed by atoms with E-state index in [2.05, 4.69) is 54.7 Å². The second-order valence-electron chi connectivity index (χ2n) is 7.97. The average Bonchev–Trinajstić information content (AvgIpc) is 2.71. The normalized spacial score (nSPS) is 12.8. The van der Waals surface area contributed by atoms with Gasteiger partial charge in [0.05, 0.1) is 5.41 Å². The minimum atomic E-state index is -0.853. The van der Waals surface area contributed by atoms with Crippen LogP contribution in [0.2, 0.25) is 0 Å². The Hall–Kier alpha value is -2.65. The lowest BCUT2D eigenvalue weighted by molar-refractivity contribution is -0.142. The van der Waals surface area contributed by atoms with Crippen molar-refractivity contribution in [2.45, 2.75) is 45.1 Å². The summed E-state index contributed by atoms with van der Waals surface area (Å²) >= 11 is 0. The molecule has 3 heteroatoms. The van der Waals surface area contributed by atoms with Crippen molar-refractivity contribution < 1.29 is 9.90 Å². The highest BCUT2D eigenvalue weighted by atomic mass is 16.4. The molecule has 0 aliphatic heterocycles. The van der Waals surface area contributed by atoms with E-state index in [0.717, 1.165) is 24.9 Å². The Morgan fingerprint density at radius 3 is 2.39 bits per heavy atom. The van der Waals surface area contributed by atoms with E-state index in [-0.39, 0.29) is 0 Å². The quantitative estimate of drug-likeness (QED) is 0.512. The van der Waals surface area contributed by atoms with E-state index in [9.17, 15) is 9.90 Å². The lowest BCUT2D eigenvalue weighted by atomic mass is 9.84. The topological polar surface area (TPSA) is 49.3 Å².